The van der Waals surface area contributed by atoms with Crippen molar-refractivity contribution < 1.29 is 4.74 Å². The number of hydrogen-bond donors (Lipinski definition) is 0. The second-order valence-corrected chi connectivity index (χ2v) is 5.35. The minimum absolute atomic E-state index is 0.0335. The number of rotatable bonds is 1. The summed E-state index contributed by atoms with van der Waals surface area (Å²) < 4.78 is 5.96. The summed E-state index contributed by atoms with van der Waals surface area (Å²) in [5.74, 6) is 1.35. The van der Waals surface area contributed by atoms with Crippen LogP contribution in [0.4, 0.5) is 0 Å². The van der Waals surface area contributed by atoms with Gasteiger partial charge in [0.2, 0.25) is 0 Å². The average Bonchev–Trinajstić information content (AvgIpc) is 2.72. The van der Waals surface area contributed by atoms with Crippen molar-refractivity contribution >= 4 is 7.85 Å². The van der Waals surface area contributed by atoms with Gasteiger partial charge in [0.1, 0.15) is 7.85 Å². The van der Waals surface area contributed by atoms with Crippen LogP contribution in [-0.4, -0.2) is 19.5 Å². The van der Waals surface area contributed by atoms with E-state index < -0.39 is 0 Å². The molecule has 2 saturated carbocycles. The van der Waals surface area contributed by atoms with Gasteiger partial charge in [-0.1, -0.05) is 13.8 Å². The maximum Gasteiger partial charge on any atom is 0.109 e. The maximum absolute atomic E-state index is 6.06. The van der Waals surface area contributed by atoms with Crippen LogP contribution in [0.15, 0.2) is 0 Å². The fourth-order valence-corrected chi connectivity index (χ4v) is 4.06. The number of hydrogen-bond acceptors (Lipinski definition) is 1. The van der Waals surface area contributed by atoms with E-state index in [2.05, 4.69) is 13.8 Å². The van der Waals surface area contributed by atoms with Gasteiger partial charge in [-0.25, -0.2) is 0 Å². The van der Waals surface area contributed by atoms with Crippen LogP contribution in [0.25, 0.3) is 0 Å². The molecule has 2 bridgehead atoms. The highest BCUT2D eigenvalue weighted by Gasteiger charge is 2.69. The summed E-state index contributed by atoms with van der Waals surface area (Å²) in [5, 5.41) is 0. The van der Waals surface area contributed by atoms with Crippen LogP contribution in [0.2, 0.25) is 0 Å². The Bertz CT molecular complexity index is 248. The molecule has 1 spiro atoms. The molecule has 2 heteroatoms. The van der Waals surface area contributed by atoms with Crippen LogP contribution >= 0.6 is 0 Å². The Morgan fingerprint density at radius 3 is 2.54 bits per heavy atom. The molecule has 2 radical (unpaired) electrons. The molecule has 1 saturated heterocycles. The Morgan fingerprint density at radius 1 is 1.46 bits per heavy atom. The second-order valence-electron chi connectivity index (χ2n) is 5.35. The lowest BCUT2D eigenvalue weighted by Gasteiger charge is -2.34. The molecule has 1 heterocycles. The summed E-state index contributed by atoms with van der Waals surface area (Å²) in [6, 6.07) is 0.0335. The molecule has 0 aromatic heterocycles. The van der Waals surface area contributed by atoms with Crippen LogP contribution in [0.1, 0.15) is 39.5 Å². The fraction of sp³-hybridized carbons (Fsp3) is 1.00. The lowest BCUT2D eigenvalue weighted by atomic mass is 9.75. The van der Waals surface area contributed by atoms with Gasteiger partial charge in [-0.05, 0) is 42.9 Å². The van der Waals surface area contributed by atoms with Crippen molar-refractivity contribution in [2.45, 2.75) is 51.1 Å². The Kier molecular flexibility index (Phi) is 1.38. The predicted octanol–water partition coefficient (Wildman–Crippen LogP) is 2.10. The molecule has 0 aromatic rings. The van der Waals surface area contributed by atoms with Crippen LogP contribution < -0.4 is 0 Å². The Hall–Kier alpha value is 0.0249. The molecule has 0 aromatic carbocycles. The molecule has 1 aliphatic heterocycles. The minimum Gasteiger partial charge on any atom is -0.381 e. The zero-order chi connectivity index (χ0) is 9.27. The molecule has 3 fully saturated rings. The Balaban J connectivity index is 2.00. The van der Waals surface area contributed by atoms with Crippen molar-refractivity contribution in [1.82, 2.24) is 0 Å². The normalized spacial score (nSPS) is 56.0. The zero-order valence-electron chi connectivity index (χ0n) is 8.55. The first-order valence-electron chi connectivity index (χ1n) is 5.57. The minimum atomic E-state index is 0.0335. The van der Waals surface area contributed by atoms with E-state index in [1.165, 1.54) is 19.3 Å². The zero-order valence-corrected chi connectivity index (χ0v) is 8.55. The van der Waals surface area contributed by atoms with E-state index in [9.17, 15) is 0 Å². The summed E-state index contributed by atoms with van der Waals surface area (Å²) in [5.41, 5.74) is 0.772. The van der Waals surface area contributed by atoms with Gasteiger partial charge in [0.05, 0.1) is 5.60 Å². The first kappa shape index (κ1) is 8.34. The molecule has 1 unspecified atom stereocenters. The van der Waals surface area contributed by atoms with Gasteiger partial charge >= 0.3 is 0 Å². The van der Waals surface area contributed by atoms with Crippen molar-refractivity contribution in [3.05, 3.63) is 0 Å². The monoisotopic (exact) mass is 176 g/mol. The molecule has 1 nitrogen and oxygen atoms in total. The number of ether oxygens (including phenoxy) is 1. The molecule has 0 amide bonds. The van der Waals surface area contributed by atoms with E-state index in [1.807, 2.05) is 0 Å². The van der Waals surface area contributed by atoms with Gasteiger partial charge in [-0.3, -0.25) is 0 Å². The second kappa shape index (κ2) is 2.16. The van der Waals surface area contributed by atoms with E-state index >= 15 is 0 Å². The SMILES string of the molecule is [B][C@@H]1O[C@@]2(CC)CC3(CC3)C1[C@H]2C. The van der Waals surface area contributed by atoms with E-state index in [0.717, 1.165) is 6.42 Å². The van der Waals surface area contributed by atoms with Gasteiger partial charge in [0.15, 0.2) is 0 Å². The summed E-state index contributed by atoms with van der Waals surface area (Å²) in [4.78, 5) is 0. The van der Waals surface area contributed by atoms with Gasteiger partial charge in [0.25, 0.3) is 0 Å². The van der Waals surface area contributed by atoms with E-state index in [4.69, 9.17) is 12.6 Å². The predicted molar refractivity (Wildman–Crippen MR) is 52.6 cm³/mol. The Labute approximate surface area is 81.6 Å². The quantitative estimate of drug-likeness (QED) is 0.556. The van der Waals surface area contributed by atoms with Crippen LogP contribution in [0, 0.1) is 17.3 Å². The third-order valence-corrected chi connectivity index (χ3v) is 4.94. The average molecular weight is 176 g/mol. The molecule has 70 valence electrons. The van der Waals surface area contributed by atoms with Crippen molar-refractivity contribution in [1.29, 1.82) is 0 Å². The highest BCUT2D eigenvalue weighted by Crippen LogP contribution is 2.72. The van der Waals surface area contributed by atoms with Gasteiger partial charge < -0.3 is 4.74 Å². The van der Waals surface area contributed by atoms with Crippen LogP contribution in [0.5, 0.6) is 0 Å². The van der Waals surface area contributed by atoms with Crippen LogP contribution in [0.3, 0.4) is 0 Å². The molecule has 4 atom stereocenters. The first-order chi connectivity index (χ1) is 6.14. The highest BCUT2D eigenvalue weighted by atomic mass is 16.5. The maximum atomic E-state index is 6.06. The van der Waals surface area contributed by atoms with Crippen molar-refractivity contribution in [2.75, 3.05) is 0 Å². The molecule has 13 heavy (non-hydrogen) atoms. The molecular formula is C11H17BO. The molecular weight excluding hydrogens is 159 g/mol. The smallest absolute Gasteiger partial charge is 0.109 e. The fourth-order valence-electron chi connectivity index (χ4n) is 4.06. The Morgan fingerprint density at radius 2 is 2.15 bits per heavy atom. The topological polar surface area (TPSA) is 9.23 Å². The van der Waals surface area contributed by atoms with Gasteiger partial charge in [-0.15, -0.1) is 0 Å². The summed E-state index contributed by atoms with van der Waals surface area (Å²) >= 11 is 0. The summed E-state index contributed by atoms with van der Waals surface area (Å²) in [6.45, 7) is 4.58. The van der Waals surface area contributed by atoms with E-state index in [-0.39, 0.29) is 11.6 Å². The number of fused-ring (bicyclic) bond motifs is 3. The molecule has 3 rings (SSSR count). The summed E-state index contributed by atoms with van der Waals surface area (Å²) in [7, 11) is 6.06. The lowest BCUT2D eigenvalue weighted by Crippen LogP contribution is -2.36. The highest BCUT2D eigenvalue weighted by molar-refractivity contribution is 6.11. The first-order valence-corrected chi connectivity index (χ1v) is 5.57. The molecule has 0 N–H and O–H groups in total. The van der Waals surface area contributed by atoms with E-state index in [1.54, 1.807) is 0 Å². The van der Waals surface area contributed by atoms with Crippen LogP contribution in [-0.2, 0) is 4.74 Å². The molecule has 2 aliphatic carbocycles. The molecule has 3 aliphatic rings. The standard InChI is InChI=1S/C11H17BO/c1-3-11-6-10(4-5-10)8(7(11)2)9(12)13-11/h7-9H,3-6H2,1-2H3/t7-,8?,9-,11+/m1/s1. The van der Waals surface area contributed by atoms with Gasteiger partial charge in [-0.2, -0.15) is 0 Å². The largest absolute Gasteiger partial charge is 0.381 e. The summed E-state index contributed by atoms with van der Waals surface area (Å²) in [6.07, 6.45) is 5.23. The third kappa shape index (κ3) is 0.794. The third-order valence-electron chi connectivity index (χ3n) is 4.94. The van der Waals surface area contributed by atoms with Crippen molar-refractivity contribution in [3.8, 4) is 0 Å². The van der Waals surface area contributed by atoms with Gasteiger partial charge in [0, 0.05) is 6.00 Å². The van der Waals surface area contributed by atoms with Crippen molar-refractivity contribution in [2.24, 2.45) is 17.3 Å². The van der Waals surface area contributed by atoms with E-state index in [0.29, 0.717) is 17.3 Å². The van der Waals surface area contributed by atoms with Crippen molar-refractivity contribution in [3.63, 3.8) is 0 Å². The lowest BCUT2D eigenvalue weighted by molar-refractivity contribution is -0.0675.